The van der Waals surface area contributed by atoms with Crippen molar-refractivity contribution in [2.24, 2.45) is 7.05 Å². The van der Waals surface area contributed by atoms with Crippen LogP contribution in [0.1, 0.15) is 41.8 Å². The summed E-state index contributed by atoms with van der Waals surface area (Å²) in [7, 11) is 2.00. The van der Waals surface area contributed by atoms with E-state index >= 15 is 0 Å². The fourth-order valence-electron chi connectivity index (χ4n) is 2.51. The first kappa shape index (κ1) is 15.2. The lowest BCUT2D eigenvalue weighted by Gasteiger charge is -2.11. The Kier molecular flexibility index (Phi) is 5.34. The zero-order valence-corrected chi connectivity index (χ0v) is 13.2. The highest BCUT2D eigenvalue weighted by Gasteiger charge is 2.14. The molecule has 0 bridgehead atoms. The number of aromatic nitrogens is 2. The first-order valence-electron chi connectivity index (χ1n) is 7.13. The van der Waals surface area contributed by atoms with Gasteiger partial charge in [0, 0.05) is 36.3 Å². The summed E-state index contributed by atoms with van der Waals surface area (Å²) in [5.74, 6) is 0. The molecule has 0 spiro atoms. The van der Waals surface area contributed by atoms with Gasteiger partial charge >= 0.3 is 0 Å². The predicted octanol–water partition coefficient (Wildman–Crippen LogP) is 2.43. The number of hydrogen-bond donors (Lipinski definition) is 2. The van der Waals surface area contributed by atoms with E-state index in [0.717, 1.165) is 30.0 Å². The van der Waals surface area contributed by atoms with Crippen molar-refractivity contribution in [2.75, 3.05) is 6.54 Å². The van der Waals surface area contributed by atoms with E-state index in [4.69, 9.17) is 0 Å². The van der Waals surface area contributed by atoms with Crippen LogP contribution >= 0.6 is 11.3 Å². The molecule has 0 aromatic carbocycles. The molecule has 0 fully saturated rings. The first-order valence-corrected chi connectivity index (χ1v) is 8.01. The van der Waals surface area contributed by atoms with Crippen LogP contribution in [0.25, 0.3) is 0 Å². The Balaban J connectivity index is 1.97. The number of aryl methyl sites for hydroxylation is 2. The average molecular weight is 293 g/mol. The summed E-state index contributed by atoms with van der Waals surface area (Å²) in [5, 5.41) is 20.0. The summed E-state index contributed by atoms with van der Waals surface area (Å²) in [6.07, 6.45) is 1.49. The van der Waals surface area contributed by atoms with Gasteiger partial charge in [-0.05, 0) is 24.3 Å². The average Bonchev–Trinajstić information content (AvgIpc) is 3.06. The lowest BCUT2D eigenvalue weighted by Crippen LogP contribution is -2.21. The van der Waals surface area contributed by atoms with Crippen LogP contribution in [0.15, 0.2) is 17.5 Å². The fraction of sp³-hybridized carbons (Fsp3) is 0.533. The third-order valence-electron chi connectivity index (χ3n) is 3.54. The smallest absolute Gasteiger partial charge is 0.101 e. The van der Waals surface area contributed by atoms with Crippen molar-refractivity contribution in [1.82, 2.24) is 15.1 Å². The predicted molar refractivity (Wildman–Crippen MR) is 82.9 cm³/mol. The third-order valence-corrected chi connectivity index (χ3v) is 4.51. The zero-order chi connectivity index (χ0) is 14.5. The number of hydrogen-bond acceptors (Lipinski definition) is 4. The van der Waals surface area contributed by atoms with Gasteiger partial charge in [0.2, 0.25) is 0 Å². The van der Waals surface area contributed by atoms with Gasteiger partial charge in [-0.2, -0.15) is 5.10 Å². The van der Waals surface area contributed by atoms with Crippen molar-refractivity contribution in [3.8, 4) is 0 Å². The summed E-state index contributed by atoms with van der Waals surface area (Å²) in [5.41, 5.74) is 3.72. The van der Waals surface area contributed by atoms with Gasteiger partial charge in [-0.1, -0.05) is 19.9 Å². The molecule has 0 amide bonds. The normalized spacial score (nSPS) is 12.8. The molecular formula is C15H23N3OS. The molecule has 4 nitrogen and oxygen atoms in total. The van der Waals surface area contributed by atoms with Gasteiger partial charge in [0.05, 0.1) is 5.69 Å². The Labute approximate surface area is 124 Å². The molecule has 110 valence electrons. The quantitative estimate of drug-likeness (QED) is 0.824. The molecule has 0 aliphatic carbocycles. The van der Waals surface area contributed by atoms with Crippen LogP contribution in [-0.2, 0) is 26.4 Å². The van der Waals surface area contributed by atoms with Gasteiger partial charge in [0.15, 0.2) is 0 Å². The number of nitrogens with one attached hydrogen (secondary N) is 1. The Morgan fingerprint density at radius 3 is 2.80 bits per heavy atom. The van der Waals surface area contributed by atoms with E-state index in [1.165, 1.54) is 11.3 Å². The second kappa shape index (κ2) is 7.02. The van der Waals surface area contributed by atoms with Crippen molar-refractivity contribution >= 4 is 11.3 Å². The van der Waals surface area contributed by atoms with E-state index in [1.54, 1.807) is 11.3 Å². The molecule has 2 N–H and O–H groups in total. The first-order chi connectivity index (χ1) is 9.67. The van der Waals surface area contributed by atoms with Gasteiger partial charge in [0.25, 0.3) is 0 Å². The third kappa shape index (κ3) is 3.29. The van der Waals surface area contributed by atoms with E-state index in [1.807, 2.05) is 29.2 Å². The molecular weight excluding hydrogens is 270 g/mol. The standard InChI is InChI=1S/C15H23N3OS/c1-4-12-11(13(5-2)18(3)17-12)9-16-10-14(19)15-7-6-8-20-15/h6-8,14,16,19H,4-5,9-10H2,1-3H3/t14-/m0/s1. The Bertz CT molecular complexity index is 534. The molecule has 2 heterocycles. The molecule has 5 heteroatoms. The highest BCUT2D eigenvalue weighted by atomic mass is 32.1. The van der Waals surface area contributed by atoms with Crippen LogP contribution in [0.5, 0.6) is 0 Å². The summed E-state index contributed by atoms with van der Waals surface area (Å²) in [6, 6.07) is 3.94. The molecule has 0 aliphatic rings. The van der Waals surface area contributed by atoms with Crippen molar-refractivity contribution < 1.29 is 5.11 Å². The maximum Gasteiger partial charge on any atom is 0.101 e. The molecule has 0 saturated heterocycles. The van der Waals surface area contributed by atoms with Crippen molar-refractivity contribution in [2.45, 2.75) is 39.3 Å². The minimum atomic E-state index is -0.429. The molecule has 20 heavy (non-hydrogen) atoms. The number of thiophene rings is 1. The van der Waals surface area contributed by atoms with Crippen LogP contribution in [0.4, 0.5) is 0 Å². The van der Waals surface area contributed by atoms with Gasteiger partial charge < -0.3 is 10.4 Å². The molecule has 0 unspecified atom stereocenters. The molecule has 2 rings (SSSR count). The highest BCUT2D eigenvalue weighted by molar-refractivity contribution is 7.10. The van der Waals surface area contributed by atoms with Crippen LogP contribution < -0.4 is 5.32 Å². The van der Waals surface area contributed by atoms with Crippen molar-refractivity contribution in [1.29, 1.82) is 0 Å². The second-order valence-electron chi connectivity index (χ2n) is 4.86. The molecule has 0 radical (unpaired) electrons. The van der Waals surface area contributed by atoms with Crippen LogP contribution in [-0.4, -0.2) is 21.4 Å². The van der Waals surface area contributed by atoms with Crippen LogP contribution in [0.2, 0.25) is 0 Å². The van der Waals surface area contributed by atoms with E-state index in [9.17, 15) is 5.11 Å². The maximum absolute atomic E-state index is 10.1. The largest absolute Gasteiger partial charge is 0.386 e. The number of rotatable bonds is 7. The number of aliphatic hydroxyl groups is 1. The van der Waals surface area contributed by atoms with Crippen LogP contribution in [0, 0.1) is 0 Å². The minimum Gasteiger partial charge on any atom is -0.386 e. The van der Waals surface area contributed by atoms with E-state index in [0.29, 0.717) is 6.54 Å². The highest BCUT2D eigenvalue weighted by Crippen LogP contribution is 2.19. The maximum atomic E-state index is 10.1. The Hall–Kier alpha value is -1.17. The SMILES string of the molecule is CCc1nn(C)c(CC)c1CNC[C@H](O)c1cccs1. The molecule has 2 aromatic rings. The summed E-state index contributed by atoms with van der Waals surface area (Å²) >= 11 is 1.59. The molecule has 1 atom stereocenters. The van der Waals surface area contributed by atoms with E-state index in [-0.39, 0.29) is 0 Å². The fourth-order valence-corrected chi connectivity index (χ4v) is 3.22. The van der Waals surface area contributed by atoms with E-state index in [2.05, 4.69) is 24.3 Å². The van der Waals surface area contributed by atoms with Gasteiger partial charge in [0.1, 0.15) is 6.10 Å². The molecule has 0 aliphatic heterocycles. The van der Waals surface area contributed by atoms with Gasteiger partial charge in [-0.3, -0.25) is 4.68 Å². The number of aliphatic hydroxyl groups excluding tert-OH is 1. The van der Waals surface area contributed by atoms with Gasteiger partial charge in [-0.15, -0.1) is 11.3 Å². The minimum absolute atomic E-state index is 0.429. The molecule has 2 aromatic heterocycles. The summed E-state index contributed by atoms with van der Waals surface area (Å²) in [6.45, 7) is 5.62. The second-order valence-corrected chi connectivity index (χ2v) is 5.84. The summed E-state index contributed by atoms with van der Waals surface area (Å²) < 4.78 is 1.98. The van der Waals surface area contributed by atoms with Crippen LogP contribution in [0.3, 0.4) is 0 Å². The molecule has 0 saturated carbocycles. The zero-order valence-electron chi connectivity index (χ0n) is 12.4. The van der Waals surface area contributed by atoms with Crippen molar-refractivity contribution in [3.05, 3.63) is 39.3 Å². The number of nitrogens with zero attached hydrogens (tertiary/aromatic N) is 2. The van der Waals surface area contributed by atoms with E-state index < -0.39 is 6.10 Å². The Morgan fingerprint density at radius 1 is 1.40 bits per heavy atom. The summed E-state index contributed by atoms with van der Waals surface area (Å²) in [4.78, 5) is 1.01. The topological polar surface area (TPSA) is 50.1 Å². The van der Waals surface area contributed by atoms with Gasteiger partial charge in [-0.25, -0.2) is 0 Å². The monoisotopic (exact) mass is 293 g/mol. The van der Waals surface area contributed by atoms with Crippen molar-refractivity contribution in [3.63, 3.8) is 0 Å². The lowest BCUT2D eigenvalue weighted by molar-refractivity contribution is 0.178. The Morgan fingerprint density at radius 2 is 2.20 bits per heavy atom. The lowest BCUT2D eigenvalue weighted by atomic mass is 10.1.